The highest BCUT2D eigenvalue weighted by molar-refractivity contribution is 5.82. The molecule has 0 spiro atoms. The van der Waals surface area contributed by atoms with E-state index in [9.17, 15) is 4.79 Å². The van der Waals surface area contributed by atoms with Crippen LogP contribution in [0.2, 0.25) is 0 Å². The lowest BCUT2D eigenvalue weighted by Gasteiger charge is -2.39. The highest BCUT2D eigenvalue weighted by Crippen LogP contribution is 2.41. The fourth-order valence-electron chi connectivity index (χ4n) is 3.40. The van der Waals surface area contributed by atoms with Crippen molar-refractivity contribution in [2.24, 2.45) is 5.92 Å². The van der Waals surface area contributed by atoms with Crippen molar-refractivity contribution in [1.29, 1.82) is 0 Å². The number of hydrogen-bond acceptors (Lipinski definition) is 5. The van der Waals surface area contributed by atoms with Crippen molar-refractivity contribution in [1.82, 2.24) is 10.2 Å². The van der Waals surface area contributed by atoms with E-state index in [0.717, 1.165) is 51.9 Å². The molecule has 2 rings (SSSR count). The Hall–Kier alpha value is -0.650. The lowest BCUT2D eigenvalue weighted by Crippen LogP contribution is -2.61. The number of piperidine rings is 1. The molecule has 21 heavy (non-hydrogen) atoms. The van der Waals surface area contributed by atoms with E-state index in [1.165, 1.54) is 0 Å². The van der Waals surface area contributed by atoms with Crippen LogP contribution in [0.15, 0.2) is 0 Å². The first-order valence-electron chi connectivity index (χ1n) is 8.36. The first-order chi connectivity index (χ1) is 10.2. The number of likely N-dealkylation sites (N-methyl/N-ethyl adjacent to an activating group) is 1. The number of nitrogens with one attached hydrogen (secondary N) is 1. The highest BCUT2D eigenvalue weighted by Gasteiger charge is 2.52. The maximum Gasteiger partial charge on any atom is 0.327 e. The Balaban J connectivity index is 1.95. The predicted octanol–water partition coefficient (Wildman–Crippen LogP) is 1.42. The van der Waals surface area contributed by atoms with Crippen molar-refractivity contribution in [3.63, 3.8) is 0 Å². The number of carbonyl (C=O) groups excluding carboxylic acids is 1. The smallest absolute Gasteiger partial charge is 0.327 e. The van der Waals surface area contributed by atoms with Gasteiger partial charge in [0.1, 0.15) is 5.54 Å². The zero-order valence-electron chi connectivity index (χ0n) is 13.7. The second kappa shape index (κ2) is 7.56. The molecule has 2 aliphatic rings. The molecule has 0 bridgehead atoms. The van der Waals surface area contributed by atoms with Crippen LogP contribution in [-0.2, 0) is 14.3 Å². The summed E-state index contributed by atoms with van der Waals surface area (Å²) in [6, 6.07) is 0. The zero-order valence-corrected chi connectivity index (χ0v) is 13.7. The SMILES string of the molecule is CCOC(=O)C(CN1CCC(OCC)CC1)(NC)C1CC1. The van der Waals surface area contributed by atoms with E-state index in [0.29, 0.717) is 18.6 Å². The minimum Gasteiger partial charge on any atom is -0.465 e. The Kier molecular flexibility index (Phi) is 6.02. The van der Waals surface area contributed by atoms with Gasteiger partial charge >= 0.3 is 5.97 Å². The topological polar surface area (TPSA) is 50.8 Å². The summed E-state index contributed by atoms with van der Waals surface area (Å²) in [6.07, 6.45) is 4.74. The van der Waals surface area contributed by atoms with Gasteiger partial charge in [-0.05, 0) is 52.5 Å². The molecule has 1 N–H and O–H groups in total. The third-order valence-corrected chi connectivity index (χ3v) is 4.77. The quantitative estimate of drug-likeness (QED) is 0.687. The molecule has 0 amide bonds. The van der Waals surface area contributed by atoms with Crippen molar-refractivity contribution in [2.75, 3.05) is 39.9 Å². The molecular formula is C16H30N2O3. The summed E-state index contributed by atoms with van der Waals surface area (Å²) in [5.74, 6) is 0.341. The van der Waals surface area contributed by atoms with E-state index in [4.69, 9.17) is 9.47 Å². The van der Waals surface area contributed by atoms with Crippen LogP contribution in [0.5, 0.6) is 0 Å². The van der Waals surface area contributed by atoms with E-state index < -0.39 is 5.54 Å². The Morgan fingerprint density at radius 1 is 1.19 bits per heavy atom. The number of hydrogen-bond donors (Lipinski definition) is 1. The lowest BCUT2D eigenvalue weighted by atomic mass is 9.91. The van der Waals surface area contributed by atoms with Gasteiger partial charge in [0.25, 0.3) is 0 Å². The van der Waals surface area contributed by atoms with Gasteiger partial charge < -0.3 is 19.7 Å². The fraction of sp³-hybridized carbons (Fsp3) is 0.938. The molecule has 1 saturated carbocycles. The predicted molar refractivity (Wildman–Crippen MR) is 82.2 cm³/mol. The maximum absolute atomic E-state index is 12.5. The average Bonchev–Trinajstić information content (AvgIpc) is 3.32. The lowest BCUT2D eigenvalue weighted by molar-refractivity contribution is -0.153. The first-order valence-corrected chi connectivity index (χ1v) is 8.36. The van der Waals surface area contributed by atoms with Gasteiger partial charge in [-0.15, -0.1) is 0 Å². The van der Waals surface area contributed by atoms with Crippen molar-refractivity contribution >= 4 is 5.97 Å². The Morgan fingerprint density at radius 3 is 2.33 bits per heavy atom. The van der Waals surface area contributed by atoms with E-state index in [2.05, 4.69) is 10.2 Å². The molecule has 1 unspecified atom stereocenters. The van der Waals surface area contributed by atoms with Gasteiger partial charge in [0.2, 0.25) is 0 Å². The molecule has 5 nitrogen and oxygen atoms in total. The van der Waals surface area contributed by atoms with Crippen LogP contribution < -0.4 is 5.32 Å². The van der Waals surface area contributed by atoms with E-state index >= 15 is 0 Å². The summed E-state index contributed by atoms with van der Waals surface area (Å²) in [5, 5.41) is 3.30. The van der Waals surface area contributed by atoms with Crippen molar-refractivity contribution in [3.8, 4) is 0 Å². The van der Waals surface area contributed by atoms with Gasteiger partial charge in [-0.1, -0.05) is 0 Å². The average molecular weight is 298 g/mol. The molecule has 1 aliphatic heterocycles. The van der Waals surface area contributed by atoms with E-state index in [1.54, 1.807) is 0 Å². The van der Waals surface area contributed by atoms with Gasteiger partial charge in [0, 0.05) is 26.2 Å². The molecule has 0 aromatic heterocycles. The summed E-state index contributed by atoms with van der Waals surface area (Å²) >= 11 is 0. The highest BCUT2D eigenvalue weighted by atomic mass is 16.5. The number of carbonyl (C=O) groups is 1. The minimum atomic E-state index is -0.519. The van der Waals surface area contributed by atoms with Gasteiger partial charge in [-0.3, -0.25) is 0 Å². The first kappa shape index (κ1) is 16.7. The second-order valence-electron chi connectivity index (χ2n) is 6.15. The van der Waals surface area contributed by atoms with Gasteiger partial charge in [0.05, 0.1) is 12.7 Å². The monoisotopic (exact) mass is 298 g/mol. The summed E-state index contributed by atoms with van der Waals surface area (Å²) < 4.78 is 11.0. The molecule has 1 heterocycles. The van der Waals surface area contributed by atoms with Crippen molar-refractivity contribution in [2.45, 2.75) is 51.2 Å². The molecule has 5 heteroatoms. The molecule has 2 fully saturated rings. The molecular weight excluding hydrogens is 268 g/mol. The second-order valence-corrected chi connectivity index (χ2v) is 6.15. The number of rotatable bonds is 8. The third kappa shape index (κ3) is 3.96. The standard InChI is InChI=1S/C16H30N2O3/c1-4-20-14-8-10-18(11-9-14)12-16(17-3,13-6-7-13)15(19)21-5-2/h13-14,17H,4-12H2,1-3H3. The Morgan fingerprint density at radius 2 is 1.86 bits per heavy atom. The molecule has 1 saturated heterocycles. The molecule has 1 atom stereocenters. The van der Waals surface area contributed by atoms with Crippen LogP contribution in [0.4, 0.5) is 0 Å². The van der Waals surface area contributed by atoms with Crippen LogP contribution in [0, 0.1) is 5.92 Å². The van der Waals surface area contributed by atoms with Crippen LogP contribution in [-0.4, -0.2) is 62.4 Å². The Bertz CT molecular complexity index is 338. The zero-order chi connectivity index (χ0) is 15.3. The molecule has 122 valence electrons. The van der Waals surface area contributed by atoms with Crippen molar-refractivity contribution < 1.29 is 14.3 Å². The van der Waals surface area contributed by atoms with Crippen LogP contribution in [0.25, 0.3) is 0 Å². The number of likely N-dealkylation sites (tertiary alicyclic amines) is 1. The summed E-state index contributed by atoms with van der Waals surface area (Å²) in [4.78, 5) is 14.9. The minimum absolute atomic E-state index is 0.0815. The van der Waals surface area contributed by atoms with Gasteiger partial charge in [0.15, 0.2) is 0 Å². The number of ether oxygens (including phenoxy) is 2. The summed E-state index contributed by atoms with van der Waals surface area (Å²) in [5.41, 5.74) is -0.519. The third-order valence-electron chi connectivity index (χ3n) is 4.77. The van der Waals surface area contributed by atoms with E-state index in [1.807, 2.05) is 20.9 Å². The molecule has 0 aromatic rings. The van der Waals surface area contributed by atoms with Crippen molar-refractivity contribution in [3.05, 3.63) is 0 Å². The molecule has 1 aliphatic carbocycles. The van der Waals surface area contributed by atoms with Gasteiger partial charge in [-0.2, -0.15) is 0 Å². The fourth-order valence-corrected chi connectivity index (χ4v) is 3.40. The van der Waals surface area contributed by atoms with Crippen LogP contribution in [0.3, 0.4) is 0 Å². The molecule has 0 radical (unpaired) electrons. The summed E-state index contributed by atoms with van der Waals surface area (Å²) in [6.45, 7) is 7.91. The number of nitrogens with zero attached hydrogens (tertiary/aromatic N) is 1. The van der Waals surface area contributed by atoms with Gasteiger partial charge in [-0.25, -0.2) is 4.79 Å². The maximum atomic E-state index is 12.5. The Labute approximate surface area is 128 Å². The molecule has 0 aromatic carbocycles. The largest absolute Gasteiger partial charge is 0.465 e. The number of esters is 1. The summed E-state index contributed by atoms with van der Waals surface area (Å²) in [7, 11) is 1.89. The van der Waals surface area contributed by atoms with Crippen LogP contribution >= 0.6 is 0 Å². The van der Waals surface area contributed by atoms with E-state index in [-0.39, 0.29) is 5.97 Å². The normalized spacial score (nSPS) is 23.8. The van der Waals surface area contributed by atoms with Crippen LogP contribution in [0.1, 0.15) is 39.5 Å².